The highest BCUT2D eigenvalue weighted by molar-refractivity contribution is 7.80. The number of rotatable bonds is 4. The van der Waals surface area contributed by atoms with Crippen LogP contribution in [-0.4, -0.2) is 14.9 Å². The fraction of sp³-hybridized carbons (Fsp3) is 0.158. The van der Waals surface area contributed by atoms with Gasteiger partial charge in [0.25, 0.3) is 0 Å². The summed E-state index contributed by atoms with van der Waals surface area (Å²) < 4.78 is 27.9. The van der Waals surface area contributed by atoms with Crippen molar-refractivity contribution < 1.29 is 8.78 Å². The number of halogens is 2. The predicted octanol–water partition coefficient (Wildman–Crippen LogP) is 4.64. The van der Waals surface area contributed by atoms with Crippen molar-refractivity contribution in [2.45, 2.75) is 20.4 Å². The first-order chi connectivity index (χ1) is 12.4. The van der Waals surface area contributed by atoms with E-state index in [0.29, 0.717) is 17.3 Å². The Morgan fingerprint density at radius 2 is 1.54 bits per heavy atom. The number of hydrogen-bond acceptors (Lipinski definition) is 2. The van der Waals surface area contributed by atoms with Gasteiger partial charge in [0.2, 0.25) is 0 Å². The van der Waals surface area contributed by atoms with E-state index >= 15 is 0 Å². The molecule has 0 amide bonds. The van der Waals surface area contributed by atoms with Crippen LogP contribution < -0.4 is 10.6 Å². The van der Waals surface area contributed by atoms with Crippen molar-refractivity contribution >= 4 is 28.7 Å². The van der Waals surface area contributed by atoms with Crippen LogP contribution in [0.3, 0.4) is 0 Å². The molecule has 7 heteroatoms. The lowest BCUT2D eigenvalue weighted by Crippen LogP contribution is -2.20. The minimum absolute atomic E-state index is 0.262. The molecule has 2 aromatic carbocycles. The number of nitrogens with one attached hydrogen (secondary N) is 2. The van der Waals surface area contributed by atoms with E-state index in [-0.39, 0.29) is 11.6 Å². The highest BCUT2D eigenvalue weighted by Gasteiger charge is 2.13. The smallest absolute Gasteiger partial charge is 0.175 e. The maximum absolute atomic E-state index is 13.0. The Morgan fingerprint density at radius 3 is 2.15 bits per heavy atom. The van der Waals surface area contributed by atoms with E-state index in [4.69, 9.17) is 12.2 Å². The quantitative estimate of drug-likeness (QED) is 0.655. The van der Waals surface area contributed by atoms with Gasteiger partial charge >= 0.3 is 0 Å². The second kappa shape index (κ2) is 7.61. The molecule has 26 heavy (non-hydrogen) atoms. The normalized spacial score (nSPS) is 10.6. The largest absolute Gasteiger partial charge is 0.332 e. The van der Waals surface area contributed by atoms with Crippen molar-refractivity contribution in [2.75, 3.05) is 10.6 Å². The van der Waals surface area contributed by atoms with E-state index in [9.17, 15) is 8.78 Å². The summed E-state index contributed by atoms with van der Waals surface area (Å²) in [5.41, 5.74) is 4.17. The molecule has 134 valence electrons. The molecular formula is C19H18F2N4S. The number of anilines is 2. The second-order valence-corrected chi connectivity index (χ2v) is 6.32. The molecule has 3 rings (SSSR count). The summed E-state index contributed by atoms with van der Waals surface area (Å²) in [6, 6.07) is 12.3. The summed E-state index contributed by atoms with van der Waals surface area (Å²) in [5, 5.41) is 11.1. The summed E-state index contributed by atoms with van der Waals surface area (Å²) in [7, 11) is 0. The van der Waals surface area contributed by atoms with E-state index in [1.54, 1.807) is 24.3 Å². The lowest BCUT2D eigenvalue weighted by Gasteiger charge is -2.11. The molecule has 0 saturated carbocycles. The van der Waals surface area contributed by atoms with E-state index < -0.39 is 0 Å². The highest BCUT2D eigenvalue weighted by atomic mass is 32.1. The Kier molecular flexibility index (Phi) is 5.27. The average Bonchev–Trinajstić information content (AvgIpc) is 2.86. The van der Waals surface area contributed by atoms with E-state index in [1.807, 2.05) is 18.5 Å². The van der Waals surface area contributed by atoms with Gasteiger partial charge < -0.3 is 10.6 Å². The van der Waals surface area contributed by atoms with Crippen LogP contribution in [0.5, 0.6) is 0 Å². The predicted molar refractivity (Wildman–Crippen MR) is 103 cm³/mol. The Hall–Kier alpha value is -2.80. The van der Waals surface area contributed by atoms with Gasteiger partial charge in [-0.1, -0.05) is 12.1 Å². The number of benzene rings is 2. The lowest BCUT2D eigenvalue weighted by atomic mass is 10.2. The summed E-state index contributed by atoms with van der Waals surface area (Å²) in [5.74, 6) is -0.565. The molecule has 0 fully saturated rings. The van der Waals surface area contributed by atoms with Crippen LogP contribution in [0.1, 0.15) is 17.0 Å². The van der Waals surface area contributed by atoms with Crippen LogP contribution in [-0.2, 0) is 6.54 Å². The van der Waals surface area contributed by atoms with Crippen LogP contribution in [0.25, 0.3) is 0 Å². The van der Waals surface area contributed by atoms with Crippen LogP contribution in [0.15, 0.2) is 48.5 Å². The summed E-state index contributed by atoms with van der Waals surface area (Å²) in [4.78, 5) is 0. The van der Waals surface area contributed by atoms with E-state index in [2.05, 4.69) is 15.7 Å². The number of thiocarbonyl (C=S) groups is 1. The van der Waals surface area contributed by atoms with Gasteiger partial charge in [-0.2, -0.15) is 5.10 Å². The molecule has 2 N–H and O–H groups in total. The van der Waals surface area contributed by atoms with Crippen LogP contribution in [0.2, 0.25) is 0 Å². The average molecular weight is 372 g/mol. The Morgan fingerprint density at radius 1 is 0.962 bits per heavy atom. The fourth-order valence-corrected chi connectivity index (χ4v) is 2.82. The molecule has 0 aliphatic carbocycles. The molecule has 0 saturated heterocycles. The van der Waals surface area contributed by atoms with E-state index in [1.165, 1.54) is 24.3 Å². The Balaban J connectivity index is 1.71. The number of aryl methyl sites for hydroxylation is 1. The van der Waals surface area contributed by atoms with Crippen molar-refractivity contribution in [3.63, 3.8) is 0 Å². The van der Waals surface area contributed by atoms with Gasteiger partial charge in [0, 0.05) is 5.69 Å². The molecule has 1 aromatic heterocycles. The maximum atomic E-state index is 13.0. The van der Waals surface area contributed by atoms with Crippen molar-refractivity contribution in [2.24, 2.45) is 0 Å². The van der Waals surface area contributed by atoms with Gasteiger partial charge in [-0.25, -0.2) is 8.78 Å². The van der Waals surface area contributed by atoms with Crippen molar-refractivity contribution in [3.8, 4) is 0 Å². The summed E-state index contributed by atoms with van der Waals surface area (Å²) >= 11 is 5.33. The lowest BCUT2D eigenvalue weighted by molar-refractivity contribution is 0.622. The van der Waals surface area contributed by atoms with Crippen LogP contribution in [0, 0.1) is 25.5 Å². The van der Waals surface area contributed by atoms with Crippen molar-refractivity contribution in [3.05, 3.63) is 77.1 Å². The minimum Gasteiger partial charge on any atom is -0.332 e. The van der Waals surface area contributed by atoms with Crippen LogP contribution >= 0.6 is 12.2 Å². The SMILES string of the molecule is Cc1nn(Cc2ccc(F)cc2)c(C)c1NC(=S)Nc1ccc(F)cc1. The van der Waals surface area contributed by atoms with Gasteiger partial charge in [-0.3, -0.25) is 4.68 Å². The molecule has 0 radical (unpaired) electrons. The van der Waals surface area contributed by atoms with Gasteiger partial charge in [0.1, 0.15) is 11.6 Å². The molecule has 0 aliphatic rings. The molecule has 3 aromatic rings. The summed E-state index contributed by atoms with van der Waals surface area (Å²) in [6.07, 6.45) is 0. The minimum atomic E-state index is -0.303. The molecule has 0 atom stereocenters. The molecule has 0 aliphatic heterocycles. The van der Waals surface area contributed by atoms with Crippen molar-refractivity contribution in [1.29, 1.82) is 0 Å². The van der Waals surface area contributed by atoms with Gasteiger partial charge in [-0.15, -0.1) is 0 Å². The summed E-state index contributed by atoms with van der Waals surface area (Å²) in [6.45, 7) is 4.36. The first-order valence-electron chi connectivity index (χ1n) is 8.04. The Labute approximate surface area is 155 Å². The van der Waals surface area contributed by atoms with Gasteiger partial charge in [0.05, 0.1) is 23.6 Å². The molecule has 0 unspecified atom stereocenters. The second-order valence-electron chi connectivity index (χ2n) is 5.92. The number of aromatic nitrogens is 2. The van der Waals surface area contributed by atoms with Crippen molar-refractivity contribution in [1.82, 2.24) is 9.78 Å². The van der Waals surface area contributed by atoms with Crippen LogP contribution in [0.4, 0.5) is 20.2 Å². The molecule has 4 nitrogen and oxygen atoms in total. The Bertz CT molecular complexity index is 918. The monoisotopic (exact) mass is 372 g/mol. The van der Waals surface area contributed by atoms with E-state index in [0.717, 1.165) is 22.6 Å². The first kappa shape index (κ1) is 18.0. The molecule has 0 spiro atoms. The number of nitrogens with zero attached hydrogens (tertiary/aromatic N) is 2. The zero-order chi connectivity index (χ0) is 18.7. The zero-order valence-electron chi connectivity index (χ0n) is 14.4. The number of hydrogen-bond donors (Lipinski definition) is 2. The first-order valence-corrected chi connectivity index (χ1v) is 8.45. The molecular weight excluding hydrogens is 354 g/mol. The van der Waals surface area contributed by atoms with Gasteiger partial charge in [0.15, 0.2) is 5.11 Å². The molecule has 0 bridgehead atoms. The topological polar surface area (TPSA) is 41.9 Å². The standard InChI is InChI=1S/C19H18F2N4S/c1-12-18(23-19(26)22-17-9-7-16(21)8-10-17)13(2)25(24-12)11-14-3-5-15(20)6-4-14/h3-10H,11H2,1-2H3,(H2,22,23,26). The highest BCUT2D eigenvalue weighted by Crippen LogP contribution is 2.21. The third kappa shape index (κ3) is 4.23. The molecule has 1 heterocycles. The van der Waals surface area contributed by atoms with Gasteiger partial charge in [-0.05, 0) is 68.0 Å². The third-order valence-electron chi connectivity index (χ3n) is 3.97. The zero-order valence-corrected chi connectivity index (χ0v) is 15.2. The maximum Gasteiger partial charge on any atom is 0.175 e. The third-order valence-corrected chi connectivity index (χ3v) is 4.17. The fourth-order valence-electron chi connectivity index (χ4n) is 2.60.